The minimum absolute atomic E-state index is 0.0202. The molecule has 0 unspecified atom stereocenters. The first-order valence-corrected chi connectivity index (χ1v) is 12.0. The Kier molecular flexibility index (Phi) is 6.22. The number of halogens is 2. The first-order chi connectivity index (χ1) is 17.3. The molecule has 2 aliphatic heterocycles. The molecule has 1 aromatic heterocycles. The standard InChI is InChI=1S/C28H28F2N4O2/c1-16-23(31-21-11-6-12-34(14-13-33(2)3)28(36)24(16)21)15-18-25-17(7-4-10-22(25)32-27(18)35)26-19(29)8-5-9-20(26)30/h4-5,7-10,15,31H,6,11-14H2,1-3H3,(H,32,35)/b18-15-. The van der Waals surface area contributed by atoms with Crippen LogP contribution in [0.3, 0.4) is 0 Å². The first-order valence-electron chi connectivity index (χ1n) is 12.0. The molecular weight excluding hydrogens is 462 g/mol. The molecule has 8 heteroatoms. The Hall–Kier alpha value is -3.78. The average Bonchev–Trinajstić information content (AvgIpc) is 3.25. The van der Waals surface area contributed by atoms with E-state index in [0.717, 1.165) is 30.6 Å². The number of amides is 2. The van der Waals surface area contributed by atoms with Crippen molar-refractivity contribution in [2.75, 3.05) is 39.0 Å². The second-order valence-corrected chi connectivity index (χ2v) is 9.55. The highest BCUT2D eigenvalue weighted by Crippen LogP contribution is 2.42. The molecule has 6 nitrogen and oxygen atoms in total. The molecule has 36 heavy (non-hydrogen) atoms. The molecule has 3 heterocycles. The quantitative estimate of drug-likeness (QED) is 0.509. The lowest BCUT2D eigenvalue weighted by molar-refractivity contribution is -0.110. The van der Waals surface area contributed by atoms with Gasteiger partial charge in [-0.15, -0.1) is 0 Å². The summed E-state index contributed by atoms with van der Waals surface area (Å²) in [5, 5.41) is 2.81. The summed E-state index contributed by atoms with van der Waals surface area (Å²) < 4.78 is 29.4. The lowest BCUT2D eigenvalue weighted by atomic mass is 9.93. The van der Waals surface area contributed by atoms with Gasteiger partial charge in [-0.2, -0.15) is 0 Å². The number of carbonyl (C=O) groups excluding carboxylic acids is 2. The fourth-order valence-corrected chi connectivity index (χ4v) is 5.04. The van der Waals surface area contributed by atoms with E-state index in [1.165, 1.54) is 18.2 Å². The van der Waals surface area contributed by atoms with E-state index in [2.05, 4.69) is 10.3 Å². The molecule has 3 aromatic rings. The largest absolute Gasteiger partial charge is 0.358 e. The van der Waals surface area contributed by atoms with Crippen molar-refractivity contribution in [1.29, 1.82) is 0 Å². The van der Waals surface area contributed by atoms with Crippen molar-refractivity contribution in [3.63, 3.8) is 0 Å². The van der Waals surface area contributed by atoms with Gasteiger partial charge in [-0.3, -0.25) is 9.59 Å². The number of aryl methyl sites for hydroxylation is 1. The predicted octanol–water partition coefficient (Wildman–Crippen LogP) is 4.71. The number of hydrogen-bond acceptors (Lipinski definition) is 3. The minimum Gasteiger partial charge on any atom is -0.358 e. The van der Waals surface area contributed by atoms with Gasteiger partial charge in [-0.05, 0) is 69.3 Å². The first kappa shape index (κ1) is 23.9. The van der Waals surface area contributed by atoms with E-state index in [-0.39, 0.29) is 17.4 Å². The van der Waals surface area contributed by atoms with E-state index in [9.17, 15) is 18.4 Å². The Morgan fingerprint density at radius 2 is 1.75 bits per heavy atom. The molecule has 0 bridgehead atoms. The SMILES string of the molecule is Cc1c(/C=C2\C(=O)Nc3cccc(-c4c(F)cccc4F)c32)[nH]c2c1C(=O)N(CCN(C)C)CCC2. The monoisotopic (exact) mass is 490 g/mol. The topological polar surface area (TPSA) is 68.4 Å². The van der Waals surface area contributed by atoms with Crippen LogP contribution in [0.4, 0.5) is 14.5 Å². The zero-order chi connectivity index (χ0) is 25.6. The van der Waals surface area contributed by atoms with Gasteiger partial charge in [-0.1, -0.05) is 18.2 Å². The van der Waals surface area contributed by atoms with Crippen molar-refractivity contribution >= 4 is 29.2 Å². The molecular formula is C28H28F2N4O2. The van der Waals surface area contributed by atoms with Gasteiger partial charge in [0.25, 0.3) is 11.8 Å². The van der Waals surface area contributed by atoms with Crippen LogP contribution < -0.4 is 5.32 Å². The number of aromatic nitrogens is 1. The Morgan fingerprint density at radius 3 is 2.47 bits per heavy atom. The third-order valence-corrected chi connectivity index (χ3v) is 6.89. The summed E-state index contributed by atoms with van der Waals surface area (Å²) in [6.07, 6.45) is 3.24. The van der Waals surface area contributed by atoms with Crippen LogP contribution in [0, 0.1) is 18.6 Å². The van der Waals surface area contributed by atoms with E-state index in [0.29, 0.717) is 46.7 Å². The normalized spacial score (nSPS) is 16.4. The van der Waals surface area contributed by atoms with Crippen molar-refractivity contribution in [2.45, 2.75) is 19.8 Å². The third-order valence-electron chi connectivity index (χ3n) is 6.89. The molecule has 0 saturated heterocycles. The zero-order valence-electron chi connectivity index (χ0n) is 20.5. The predicted molar refractivity (Wildman–Crippen MR) is 137 cm³/mol. The van der Waals surface area contributed by atoms with Gasteiger partial charge >= 0.3 is 0 Å². The molecule has 2 aliphatic rings. The number of nitrogens with zero attached hydrogens (tertiary/aromatic N) is 2. The van der Waals surface area contributed by atoms with E-state index < -0.39 is 11.6 Å². The maximum Gasteiger partial charge on any atom is 0.256 e. The molecule has 2 N–H and O–H groups in total. The molecule has 2 aromatic carbocycles. The van der Waals surface area contributed by atoms with Gasteiger partial charge in [0, 0.05) is 42.3 Å². The number of fused-ring (bicyclic) bond motifs is 2. The van der Waals surface area contributed by atoms with Gasteiger partial charge in [0.15, 0.2) is 0 Å². The number of rotatable bonds is 5. The summed E-state index contributed by atoms with van der Waals surface area (Å²) in [7, 11) is 3.96. The summed E-state index contributed by atoms with van der Waals surface area (Å²) in [6, 6.07) is 8.69. The van der Waals surface area contributed by atoms with Crippen molar-refractivity contribution in [1.82, 2.24) is 14.8 Å². The van der Waals surface area contributed by atoms with Gasteiger partial charge in [0.2, 0.25) is 0 Å². The second-order valence-electron chi connectivity index (χ2n) is 9.55. The van der Waals surface area contributed by atoms with Crippen LogP contribution in [0.2, 0.25) is 0 Å². The highest BCUT2D eigenvalue weighted by atomic mass is 19.1. The maximum absolute atomic E-state index is 14.7. The van der Waals surface area contributed by atoms with Crippen molar-refractivity contribution in [2.24, 2.45) is 0 Å². The van der Waals surface area contributed by atoms with Crippen LogP contribution >= 0.6 is 0 Å². The zero-order valence-corrected chi connectivity index (χ0v) is 20.5. The number of benzene rings is 2. The van der Waals surface area contributed by atoms with Crippen molar-refractivity contribution in [3.05, 3.63) is 76.1 Å². The summed E-state index contributed by atoms with van der Waals surface area (Å²) in [4.78, 5) is 33.7. The lowest BCUT2D eigenvalue weighted by Crippen LogP contribution is -2.36. The maximum atomic E-state index is 14.7. The van der Waals surface area contributed by atoms with Gasteiger partial charge in [0.05, 0.1) is 16.7 Å². The Labute approximate surface area is 208 Å². The third kappa shape index (κ3) is 4.11. The van der Waals surface area contributed by atoms with E-state index in [1.807, 2.05) is 30.8 Å². The molecule has 0 radical (unpaired) electrons. The van der Waals surface area contributed by atoms with Crippen LogP contribution in [0.15, 0.2) is 36.4 Å². The fourth-order valence-electron chi connectivity index (χ4n) is 5.04. The van der Waals surface area contributed by atoms with Gasteiger partial charge in [-0.25, -0.2) is 8.78 Å². The van der Waals surface area contributed by atoms with E-state index in [4.69, 9.17) is 0 Å². The molecule has 0 saturated carbocycles. The number of H-pyrrole nitrogens is 1. The average molecular weight is 491 g/mol. The van der Waals surface area contributed by atoms with Crippen LogP contribution in [0.1, 0.15) is 39.3 Å². The molecule has 186 valence electrons. The molecule has 0 spiro atoms. The number of nitrogens with one attached hydrogen (secondary N) is 2. The van der Waals surface area contributed by atoms with Crippen molar-refractivity contribution < 1.29 is 18.4 Å². The minimum atomic E-state index is -0.701. The van der Waals surface area contributed by atoms with Gasteiger partial charge < -0.3 is 20.1 Å². The van der Waals surface area contributed by atoms with Crippen LogP contribution in [0.5, 0.6) is 0 Å². The van der Waals surface area contributed by atoms with Crippen molar-refractivity contribution in [3.8, 4) is 11.1 Å². The summed E-state index contributed by atoms with van der Waals surface area (Å²) in [6.45, 7) is 3.97. The highest BCUT2D eigenvalue weighted by molar-refractivity contribution is 6.36. The Balaban J connectivity index is 1.59. The van der Waals surface area contributed by atoms with Crippen LogP contribution in [0.25, 0.3) is 22.8 Å². The highest BCUT2D eigenvalue weighted by Gasteiger charge is 2.31. The number of carbonyl (C=O) groups is 2. The molecule has 5 rings (SSSR count). The van der Waals surface area contributed by atoms with E-state index in [1.54, 1.807) is 24.3 Å². The van der Waals surface area contributed by atoms with E-state index >= 15 is 0 Å². The number of likely N-dealkylation sites (N-methyl/N-ethyl adjacent to an activating group) is 1. The number of hydrogen-bond donors (Lipinski definition) is 2. The summed E-state index contributed by atoms with van der Waals surface area (Å²) >= 11 is 0. The summed E-state index contributed by atoms with van der Waals surface area (Å²) in [5.41, 5.74) is 4.23. The lowest BCUT2D eigenvalue weighted by Gasteiger charge is -2.23. The summed E-state index contributed by atoms with van der Waals surface area (Å²) in [5.74, 6) is -1.79. The molecule has 0 fully saturated rings. The number of aromatic amines is 1. The fraction of sp³-hybridized carbons (Fsp3) is 0.286. The molecule has 2 amide bonds. The smallest absolute Gasteiger partial charge is 0.256 e. The number of anilines is 1. The van der Waals surface area contributed by atoms with Gasteiger partial charge in [0.1, 0.15) is 11.6 Å². The molecule has 0 aliphatic carbocycles. The van der Waals surface area contributed by atoms with Crippen LogP contribution in [-0.2, 0) is 11.2 Å². The second kappa shape index (κ2) is 9.35. The Morgan fingerprint density at radius 1 is 1.03 bits per heavy atom. The van der Waals surface area contributed by atoms with Crippen LogP contribution in [-0.4, -0.2) is 60.3 Å². The Bertz CT molecular complexity index is 1390. The molecule has 0 atom stereocenters.